The van der Waals surface area contributed by atoms with Crippen LogP contribution in [-0.2, 0) is 16.1 Å². The van der Waals surface area contributed by atoms with E-state index in [-0.39, 0.29) is 5.56 Å². The van der Waals surface area contributed by atoms with Gasteiger partial charge in [-0.15, -0.1) is 0 Å². The molecule has 0 atom stereocenters. The number of nitrogens with one attached hydrogen (secondary N) is 3. The van der Waals surface area contributed by atoms with Gasteiger partial charge in [0.2, 0.25) is 0 Å². The quantitative estimate of drug-likeness (QED) is 0.661. The highest BCUT2D eigenvalue weighted by Gasteiger charge is 2.15. The highest BCUT2D eigenvalue weighted by atomic mass is 16.5. The van der Waals surface area contributed by atoms with Gasteiger partial charge in [0.25, 0.3) is 5.91 Å². The Morgan fingerprint density at radius 1 is 1.12 bits per heavy atom. The first-order chi connectivity index (χ1) is 12.1. The van der Waals surface area contributed by atoms with E-state index in [4.69, 9.17) is 9.15 Å². The molecular formula is C17H19N3O5. The molecule has 0 saturated carbocycles. The maximum absolute atomic E-state index is 12.2. The van der Waals surface area contributed by atoms with E-state index in [1.54, 1.807) is 49.6 Å². The molecule has 0 aliphatic rings. The van der Waals surface area contributed by atoms with E-state index < -0.39 is 24.5 Å². The number of esters is 1. The molecule has 1 heterocycles. The Balaban J connectivity index is 1.90. The topological polar surface area (TPSA) is 110 Å². The van der Waals surface area contributed by atoms with Crippen LogP contribution < -0.4 is 16.0 Å². The van der Waals surface area contributed by atoms with Gasteiger partial charge in [-0.1, -0.05) is 12.1 Å². The first kappa shape index (κ1) is 18.1. The average molecular weight is 345 g/mol. The van der Waals surface area contributed by atoms with Crippen molar-refractivity contribution in [2.75, 3.05) is 18.5 Å². The van der Waals surface area contributed by atoms with E-state index in [1.165, 1.54) is 0 Å². The Bertz CT molecular complexity index is 728. The molecule has 132 valence electrons. The molecule has 0 radical (unpaired) electrons. The first-order valence-electron chi connectivity index (χ1n) is 7.70. The van der Waals surface area contributed by atoms with E-state index >= 15 is 0 Å². The standard InChI is InChI=1S/C17H19N3O5/c1-2-18-17(23)20-15(21)11-25-16(22)13-7-3-4-8-14(13)19-10-12-6-5-9-24-12/h3-9,19H,2,10-11H2,1H3,(H2,18,20,21,23). The van der Waals surface area contributed by atoms with Crippen LogP contribution in [0.5, 0.6) is 0 Å². The van der Waals surface area contributed by atoms with Crippen LogP contribution in [-0.4, -0.2) is 31.1 Å². The number of hydrogen-bond acceptors (Lipinski definition) is 6. The number of hydrogen-bond donors (Lipinski definition) is 3. The van der Waals surface area contributed by atoms with E-state index in [1.807, 2.05) is 0 Å². The zero-order chi connectivity index (χ0) is 18.1. The maximum Gasteiger partial charge on any atom is 0.340 e. The summed E-state index contributed by atoms with van der Waals surface area (Å²) in [5, 5.41) is 7.53. The molecule has 8 heteroatoms. The molecule has 2 rings (SSSR count). The van der Waals surface area contributed by atoms with Crippen molar-refractivity contribution < 1.29 is 23.5 Å². The number of furan rings is 1. The van der Waals surface area contributed by atoms with Crippen LogP contribution in [0.2, 0.25) is 0 Å². The highest BCUT2D eigenvalue weighted by Crippen LogP contribution is 2.17. The van der Waals surface area contributed by atoms with Gasteiger partial charge in [-0.05, 0) is 31.2 Å². The van der Waals surface area contributed by atoms with Crippen molar-refractivity contribution in [3.8, 4) is 0 Å². The minimum atomic E-state index is -0.708. The second kappa shape index (κ2) is 9.11. The lowest BCUT2D eigenvalue weighted by molar-refractivity contribution is -0.123. The van der Waals surface area contributed by atoms with Gasteiger partial charge in [0.05, 0.1) is 18.4 Å². The normalized spacial score (nSPS) is 9.96. The Hall–Kier alpha value is -3.29. The Kier molecular flexibility index (Phi) is 6.58. The van der Waals surface area contributed by atoms with Gasteiger partial charge < -0.3 is 19.8 Å². The molecule has 8 nitrogen and oxygen atoms in total. The molecule has 0 spiro atoms. The van der Waals surface area contributed by atoms with Crippen LogP contribution >= 0.6 is 0 Å². The number of ether oxygens (including phenoxy) is 1. The fourth-order valence-electron chi connectivity index (χ4n) is 1.99. The third kappa shape index (κ3) is 5.69. The van der Waals surface area contributed by atoms with Crippen LogP contribution in [0.3, 0.4) is 0 Å². The van der Waals surface area contributed by atoms with Crippen molar-refractivity contribution in [1.82, 2.24) is 10.6 Å². The average Bonchev–Trinajstić information content (AvgIpc) is 3.12. The molecule has 1 aromatic heterocycles. The smallest absolute Gasteiger partial charge is 0.340 e. The van der Waals surface area contributed by atoms with Gasteiger partial charge in [0, 0.05) is 12.2 Å². The lowest BCUT2D eigenvalue weighted by Gasteiger charge is -2.11. The number of imide groups is 1. The zero-order valence-corrected chi connectivity index (χ0v) is 13.7. The fraction of sp³-hybridized carbons (Fsp3) is 0.235. The summed E-state index contributed by atoms with van der Waals surface area (Å²) in [6.45, 7) is 1.95. The van der Waals surface area contributed by atoms with Crippen molar-refractivity contribution in [1.29, 1.82) is 0 Å². The summed E-state index contributed by atoms with van der Waals surface area (Å²) in [6, 6.07) is 9.68. The molecule has 3 amide bonds. The number of amides is 3. The zero-order valence-electron chi connectivity index (χ0n) is 13.7. The van der Waals surface area contributed by atoms with Crippen LogP contribution in [0.25, 0.3) is 0 Å². The summed E-state index contributed by atoms with van der Waals surface area (Å²) in [7, 11) is 0. The molecule has 0 aliphatic carbocycles. The molecule has 2 aromatic rings. The summed E-state index contributed by atoms with van der Waals surface area (Å²) in [5.41, 5.74) is 0.827. The van der Waals surface area contributed by atoms with E-state index in [0.717, 1.165) is 0 Å². The Morgan fingerprint density at radius 2 is 1.92 bits per heavy atom. The van der Waals surface area contributed by atoms with Crippen LogP contribution in [0.1, 0.15) is 23.0 Å². The van der Waals surface area contributed by atoms with Gasteiger partial charge in [0.15, 0.2) is 6.61 Å². The van der Waals surface area contributed by atoms with Crippen LogP contribution in [0.4, 0.5) is 10.5 Å². The number of carbonyl (C=O) groups is 3. The molecule has 1 aromatic carbocycles. The minimum absolute atomic E-state index is 0.278. The summed E-state index contributed by atoms with van der Waals surface area (Å²) in [5.74, 6) is -0.668. The summed E-state index contributed by atoms with van der Waals surface area (Å²) in [4.78, 5) is 34.9. The molecule has 0 unspecified atom stereocenters. The van der Waals surface area contributed by atoms with E-state index in [0.29, 0.717) is 24.5 Å². The van der Waals surface area contributed by atoms with Gasteiger partial charge >= 0.3 is 12.0 Å². The molecule has 0 bridgehead atoms. The molecule has 0 aliphatic heterocycles. The predicted molar refractivity (Wildman–Crippen MR) is 90.0 cm³/mol. The number of anilines is 1. The summed E-state index contributed by atoms with van der Waals surface area (Å²) in [6.07, 6.45) is 1.56. The first-order valence-corrected chi connectivity index (χ1v) is 7.70. The second-order valence-electron chi connectivity index (χ2n) is 4.96. The SMILES string of the molecule is CCNC(=O)NC(=O)COC(=O)c1ccccc1NCc1ccco1. The molecule has 25 heavy (non-hydrogen) atoms. The molecule has 0 fully saturated rings. The van der Waals surface area contributed by atoms with Gasteiger partial charge in [-0.2, -0.15) is 0 Å². The maximum atomic E-state index is 12.2. The van der Waals surface area contributed by atoms with E-state index in [2.05, 4.69) is 16.0 Å². The van der Waals surface area contributed by atoms with E-state index in [9.17, 15) is 14.4 Å². The van der Waals surface area contributed by atoms with Gasteiger partial charge in [-0.25, -0.2) is 9.59 Å². The minimum Gasteiger partial charge on any atom is -0.467 e. The van der Waals surface area contributed by atoms with Crippen molar-refractivity contribution >= 4 is 23.6 Å². The lowest BCUT2D eigenvalue weighted by atomic mass is 10.2. The number of urea groups is 1. The molecule has 3 N–H and O–H groups in total. The third-order valence-corrected chi connectivity index (χ3v) is 3.10. The summed E-state index contributed by atoms with van der Waals surface area (Å²) < 4.78 is 10.2. The summed E-state index contributed by atoms with van der Waals surface area (Å²) >= 11 is 0. The third-order valence-electron chi connectivity index (χ3n) is 3.10. The van der Waals surface area contributed by atoms with Crippen molar-refractivity contribution in [3.63, 3.8) is 0 Å². The second-order valence-corrected chi connectivity index (χ2v) is 4.96. The number of carbonyl (C=O) groups excluding carboxylic acids is 3. The van der Waals surface area contributed by atoms with Crippen molar-refractivity contribution in [2.24, 2.45) is 0 Å². The van der Waals surface area contributed by atoms with Crippen molar-refractivity contribution in [2.45, 2.75) is 13.5 Å². The molecular weight excluding hydrogens is 326 g/mol. The lowest BCUT2D eigenvalue weighted by Crippen LogP contribution is -2.41. The monoisotopic (exact) mass is 345 g/mol. The fourth-order valence-corrected chi connectivity index (χ4v) is 1.99. The number of para-hydroxylation sites is 1. The number of benzene rings is 1. The number of rotatable bonds is 7. The predicted octanol–water partition coefficient (Wildman–Crippen LogP) is 1.89. The Morgan fingerprint density at radius 3 is 2.64 bits per heavy atom. The van der Waals surface area contributed by atoms with Gasteiger partial charge in [-0.3, -0.25) is 10.1 Å². The van der Waals surface area contributed by atoms with Crippen molar-refractivity contribution in [3.05, 3.63) is 54.0 Å². The Labute approximate surface area is 144 Å². The van der Waals surface area contributed by atoms with Crippen LogP contribution in [0.15, 0.2) is 47.1 Å². The highest BCUT2D eigenvalue weighted by molar-refractivity contribution is 5.99. The van der Waals surface area contributed by atoms with Gasteiger partial charge in [0.1, 0.15) is 5.76 Å². The molecule has 0 saturated heterocycles. The van der Waals surface area contributed by atoms with Crippen LogP contribution in [0, 0.1) is 0 Å². The largest absolute Gasteiger partial charge is 0.467 e.